The zero-order valence-corrected chi connectivity index (χ0v) is 18.7. The zero-order valence-electron chi connectivity index (χ0n) is 18.7. The Hall–Kier alpha value is -0.980. The number of rotatable bonds is 16. The SMILES string of the molecule is CCCCC(CC)COC(CCCC)(c1ccc(CN)cc1)C(CO)(CO)CO. The van der Waals surface area contributed by atoms with Gasteiger partial charge in [0.05, 0.1) is 31.8 Å². The van der Waals surface area contributed by atoms with Crippen LogP contribution in [0.15, 0.2) is 24.3 Å². The lowest BCUT2D eigenvalue weighted by molar-refractivity contribution is -0.203. The lowest BCUT2D eigenvalue weighted by Gasteiger charge is -2.49. The van der Waals surface area contributed by atoms with Gasteiger partial charge in [0.15, 0.2) is 0 Å². The van der Waals surface area contributed by atoms with Crippen molar-refractivity contribution in [2.75, 3.05) is 26.4 Å². The third-order valence-corrected chi connectivity index (χ3v) is 6.41. The van der Waals surface area contributed by atoms with Crippen LogP contribution in [-0.4, -0.2) is 41.7 Å². The molecule has 5 N–H and O–H groups in total. The van der Waals surface area contributed by atoms with Crippen LogP contribution in [0.25, 0.3) is 0 Å². The van der Waals surface area contributed by atoms with E-state index >= 15 is 0 Å². The van der Waals surface area contributed by atoms with Crippen LogP contribution in [0.5, 0.6) is 0 Å². The maximum atomic E-state index is 10.3. The van der Waals surface area contributed by atoms with Crippen molar-refractivity contribution in [2.45, 2.75) is 77.9 Å². The molecular formula is C24H43NO4. The Morgan fingerprint density at radius 2 is 1.52 bits per heavy atom. The third kappa shape index (κ3) is 6.25. The summed E-state index contributed by atoms with van der Waals surface area (Å²) >= 11 is 0. The first kappa shape index (κ1) is 26.1. The minimum Gasteiger partial charge on any atom is -0.395 e. The fourth-order valence-electron chi connectivity index (χ4n) is 4.05. The summed E-state index contributed by atoms with van der Waals surface area (Å²) in [4.78, 5) is 0. The lowest BCUT2D eigenvalue weighted by Crippen LogP contribution is -2.55. The highest BCUT2D eigenvalue weighted by Gasteiger charge is 2.52. The number of hydrogen-bond donors (Lipinski definition) is 4. The zero-order chi connectivity index (χ0) is 21.8. The van der Waals surface area contributed by atoms with Crippen LogP contribution in [0.1, 0.15) is 76.8 Å². The molecule has 0 fully saturated rings. The maximum absolute atomic E-state index is 10.3. The van der Waals surface area contributed by atoms with Crippen molar-refractivity contribution in [3.8, 4) is 0 Å². The predicted octanol–water partition coefficient (Wildman–Crippen LogP) is 3.73. The van der Waals surface area contributed by atoms with Crippen LogP contribution in [0.4, 0.5) is 0 Å². The second kappa shape index (κ2) is 13.3. The van der Waals surface area contributed by atoms with Crippen molar-refractivity contribution < 1.29 is 20.1 Å². The lowest BCUT2D eigenvalue weighted by atomic mass is 9.66. The van der Waals surface area contributed by atoms with Gasteiger partial charge in [-0.2, -0.15) is 0 Å². The molecule has 0 aliphatic carbocycles. The van der Waals surface area contributed by atoms with E-state index in [0.29, 0.717) is 25.5 Å². The number of hydrogen-bond acceptors (Lipinski definition) is 5. The Balaban J connectivity index is 3.42. The average molecular weight is 410 g/mol. The molecule has 0 bridgehead atoms. The molecule has 0 saturated carbocycles. The minimum absolute atomic E-state index is 0.353. The van der Waals surface area contributed by atoms with Crippen molar-refractivity contribution in [1.82, 2.24) is 0 Å². The number of nitrogens with two attached hydrogens (primary N) is 1. The number of benzene rings is 1. The van der Waals surface area contributed by atoms with E-state index in [2.05, 4.69) is 20.8 Å². The van der Waals surface area contributed by atoms with E-state index < -0.39 is 11.0 Å². The van der Waals surface area contributed by atoms with E-state index in [9.17, 15) is 15.3 Å². The third-order valence-electron chi connectivity index (χ3n) is 6.41. The van der Waals surface area contributed by atoms with E-state index in [1.807, 2.05) is 24.3 Å². The molecule has 5 nitrogen and oxygen atoms in total. The molecule has 0 aliphatic heterocycles. The monoisotopic (exact) mass is 409 g/mol. The van der Waals surface area contributed by atoms with Gasteiger partial charge in [-0.05, 0) is 29.9 Å². The molecule has 2 unspecified atom stereocenters. The summed E-state index contributed by atoms with van der Waals surface area (Å²) in [6.07, 6.45) is 6.85. The summed E-state index contributed by atoms with van der Waals surface area (Å²) in [7, 11) is 0. The van der Waals surface area contributed by atoms with E-state index in [0.717, 1.165) is 49.7 Å². The molecule has 0 amide bonds. The average Bonchev–Trinajstić information content (AvgIpc) is 2.78. The second-order valence-corrected chi connectivity index (χ2v) is 8.31. The topological polar surface area (TPSA) is 95.9 Å². The molecule has 0 aliphatic rings. The Morgan fingerprint density at radius 1 is 0.931 bits per heavy atom. The van der Waals surface area contributed by atoms with Gasteiger partial charge in [0.2, 0.25) is 0 Å². The van der Waals surface area contributed by atoms with Gasteiger partial charge >= 0.3 is 0 Å². The molecule has 168 valence electrons. The molecule has 29 heavy (non-hydrogen) atoms. The Morgan fingerprint density at radius 3 is 1.97 bits per heavy atom. The second-order valence-electron chi connectivity index (χ2n) is 8.31. The molecular weight excluding hydrogens is 366 g/mol. The molecule has 0 heterocycles. The first-order chi connectivity index (χ1) is 14.0. The fourth-order valence-corrected chi connectivity index (χ4v) is 4.05. The summed E-state index contributed by atoms with van der Waals surface area (Å²) in [5, 5.41) is 31.0. The molecule has 1 rings (SSSR count). The van der Waals surface area contributed by atoms with E-state index in [1.54, 1.807) is 0 Å². The standard InChI is InChI=1S/C24H43NO4/c1-4-7-9-20(6-3)16-29-24(14-8-5-2,23(17-26,18-27)19-28)22-12-10-21(15-25)11-13-22/h10-13,20,26-28H,4-9,14-19,25H2,1-3H3. The minimum atomic E-state index is -1.17. The summed E-state index contributed by atoms with van der Waals surface area (Å²) < 4.78 is 6.67. The number of aliphatic hydroxyl groups excluding tert-OH is 3. The number of unbranched alkanes of at least 4 members (excludes halogenated alkanes) is 2. The van der Waals surface area contributed by atoms with Gasteiger partial charge < -0.3 is 25.8 Å². The number of aliphatic hydroxyl groups is 3. The van der Waals surface area contributed by atoms with Crippen LogP contribution in [-0.2, 0) is 16.9 Å². The predicted molar refractivity (Wildman–Crippen MR) is 118 cm³/mol. The van der Waals surface area contributed by atoms with Gasteiger partial charge in [-0.1, -0.05) is 77.1 Å². The molecule has 1 aromatic rings. The van der Waals surface area contributed by atoms with Crippen molar-refractivity contribution in [1.29, 1.82) is 0 Å². The molecule has 1 aromatic carbocycles. The Bertz CT molecular complexity index is 536. The van der Waals surface area contributed by atoms with Crippen molar-refractivity contribution in [3.05, 3.63) is 35.4 Å². The van der Waals surface area contributed by atoms with E-state index in [-0.39, 0.29) is 19.8 Å². The van der Waals surface area contributed by atoms with Gasteiger partial charge in [0.25, 0.3) is 0 Å². The quantitative estimate of drug-likeness (QED) is 0.334. The summed E-state index contributed by atoms with van der Waals surface area (Å²) in [6, 6.07) is 7.87. The molecule has 0 saturated heterocycles. The van der Waals surface area contributed by atoms with Crippen LogP contribution < -0.4 is 5.73 Å². The Kier molecular flexibility index (Phi) is 12.0. The fraction of sp³-hybridized carbons (Fsp3) is 0.750. The maximum Gasteiger partial charge on any atom is 0.105 e. The van der Waals surface area contributed by atoms with Crippen LogP contribution in [0, 0.1) is 11.3 Å². The van der Waals surface area contributed by atoms with E-state index in [4.69, 9.17) is 10.5 Å². The molecule has 5 heteroatoms. The molecule has 0 aromatic heterocycles. The van der Waals surface area contributed by atoms with Crippen molar-refractivity contribution in [2.24, 2.45) is 17.1 Å². The van der Waals surface area contributed by atoms with Gasteiger partial charge in [0, 0.05) is 6.54 Å². The molecule has 0 spiro atoms. The smallest absolute Gasteiger partial charge is 0.105 e. The Labute approximate surface area is 177 Å². The van der Waals surface area contributed by atoms with Gasteiger partial charge in [0.1, 0.15) is 5.60 Å². The van der Waals surface area contributed by atoms with Gasteiger partial charge in [-0.15, -0.1) is 0 Å². The van der Waals surface area contributed by atoms with Crippen LogP contribution >= 0.6 is 0 Å². The highest BCUT2D eigenvalue weighted by Crippen LogP contribution is 2.47. The highest BCUT2D eigenvalue weighted by atomic mass is 16.5. The normalized spacial score (nSPS) is 15.3. The molecule has 2 atom stereocenters. The largest absolute Gasteiger partial charge is 0.395 e. The summed E-state index contributed by atoms with van der Waals surface area (Å²) in [6.45, 7) is 6.40. The van der Waals surface area contributed by atoms with E-state index in [1.165, 1.54) is 0 Å². The summed E-state index contributed by atoms with van der Waals surface area (Å²) in [5.74, 6) is 0.410. The van der Waals surface area contributed by atoms with Gasteiger partial charge in [-0.3, -0.25) is 0 Å². The highest BCUT2D eigenvalue weighted by molar-refractivity contribution is 5.30. The van der Waals surface area contributed by atoms with Crippen LogP contribution in [0.2, 0.25) is 0 Å². The van der Waals surface area contributed by atoms with Crippen molar-refractivity contribution in [3.63, 3.8) is 0 Å². The number of ether oxygens (including phenoxy) is 1. The van der Waals surface area contributed by atoms with Crippen LogP contribution in [0.3, 0.4) is 0 Å². The summed E-state index contributed by atoms with van der Waals surface area (Å²) in [5.41, 5.74) is 5.52. The van der Waals surface area contributed by atoms with Gasteiger partial charge in [-0.25, -0.2) is 0 Å². The first-order valence-corrected chi connectivity index (χ1v) is 11.3. The van der Waals surface area contributed by atoms with Crippen molar-refractivity contribution >= 4 is 0 Å². The first-order valence-electron chi connectivity index (χ1n) is 11.3. The molecule has 0 radical (unpaired) electrons.